The zero-order valence-electron chi connectivity index (χ0n) is 7.27. The Hall–Kier alpha value is -1.39. The standard InChI is InChI=1S/C10H8O4/c11-5-1-2-6-7(3-5)8-4-13-10(14-8)9(6)12/h1-3,8,10-11H,4H2/t8-,10-/m1/s1. The lowest BCUT2D eigenvalue weighted by atomic mass is 9.97. The van der Waals surface area contributed by atoms with Gasteiger partial charge >= 0.3 is 0 Å². The smallest absolute Gasteiger partial charge is 0.223 e. The van der Waals surface area contributed by atoms with E-state index in [4.69, 9.17) is 9.47 Å². The topological polar surface area (TPSA) is 55.8 Å². The van der Waals surface area contributed by atoms with Crippen molar-refractivity contribution in [2.24, 2.45) is 0 Å². The normalized spacial score (nSPS) is 29.0. The number of rotatable bonds is 0. The van der Waals surface area contributed by atoms with E-state index in [1.54, 1.807) is 12.1 Å². The van der Waals surface area contributed by atoms with Gasteiger partial charge < -0.3 is 14.6 Å². The molecule has 0 amide bonds. The number of phenols is 1. The lowest BCUT2D eigenvalue weighted by Crippen LogP contribution is -2.26. The van der Waals surface area contributed by atoms with Gasteiger partial charge in [-0.3, -0.25) is 4.79 Å². The van der Waals surface area contributed by atoms with Crippen LogP contribution in [0.15, 0.2) is 18.2 Å². The molecule has 14 heavy (non-hydrogen) atoms. The average molecular weight is 192 g/mol. The highest BCUT2D eigenvalue weighted by Crippen LogP contribution is 2.37. The third kappa shape index (κ3) is 0.921. The second-order valence-corrected chi connectivity index (χ2v) is 3.43. The predicted octanol–water partition coefficient (Wildman–Crippen LogP) is 1.00. The van der Waals surface area contributed by atoms with Gasteiger partial charge in [0.05, 0.1) is 6.61 Å². The Morgan fingerprint density at radius 2 is 2.29 bits per heavy atom. The number of hydrogen-bond donors (Lipinski definition) is 1. The van der Waals surface area contributed by atoms with Crippen molar-refractivity contribution in [3.05, 3.63) is 29.3 Å². The molecule has 0 unspecified atom stereocenters. The van der Waals surface area contributed by atoms with Crippen molar-refractivity contribution in [2.75, 3.05) is 6.61 Å². The minimum absolute atomic E-state index is 0.144. The molecular weight excluding hydrogens is 184 g/mol. The Labute approximate surface area is 80.1 Å². The van der Waals surface area contributed by atoms with Crippen LogP contribution < -0.4 is 0 Å². The first-order chi connectivity index (χ1) is 6.75. The molecule has 4 nitrogen and oxygen atoms in total. The molecular formula is C10H8O4. The minimum Gasteiger partial charge on any atom is -0.508 e. The van der Waals surface area contributed by atoms with Crippen LogP contribution in [0.5, 0.6) is 5.75 Å². The summed E-state index contributed by atoms with van der Waals surface area (Å²) in [4.78, 5) is 11.7. The second-order valence-electron chi connectivity index (χ2n) is 3.43. The molecule has 0 aliphatic carbocycles. The van der Waals surface area contributed by atoms with Gasteiger partial charge in [0, 0.05) is 5.56 Å². The van der Waals surface area contributed by atoms with Crippen LogP contribution in [0.1, 0.15) is 22.0 Å². The molecule has 2 aliphatic rings. The van der Waals surface area contributed by atoms with E-state index in [-0.39, 0.29) is 17.6 Å². The van der Waals surface area contributed by atoms with Crippen LogP contribution in [-0.2, 0) is 9.47 Å². The SMILES string of the molecule is O=C1c2ccc(O)cc2[C@H]2CO[C@@H]1O2. The Morgan fingerprint density at radius 1 is 1.43 bits per heavy atom. The van der Waals surface area contributed by atoms with E-state index in [0.717, 1.165) is 5.56 Å². The summed E-state index contributed by atoms with van der Waals surface area (Å²) in [6.45, 7) is 0.382. The van der Waals surface area contributed by atoms with Gasteiger partial charge in [0.1, 0.15) is 11.9 Å². The van der Waals surface area contributed by atoms with Gasteiger partial charge in [-0.05, 0) is 23.8 Å². The molecule has 2 aliphatic heterocycles. The summed E-state index contributed by atoms with van der Waals surface area (Å²) >= 11 is 0. The Bertz CT molecular complexity index is 413. The largest absolute Gasteiger partial charge is 0.508 e. The number of ketones is 1. The monoisotopic (exact) mass is 192 g/mol. The van der Waals surface area contributed by atoms with Crippen LogP contribution in [0.3, 0.4) is 0 Å². The molecule has 0 radical (unpaired) electrons. The third-order valence-electron chi connectivity index (χ3n) is 2.55. The van der Waals surface area contributed by atoms with Crippen molar-refractivity contribution in [2.45, 2.75) is 12.4 Å². The average Bonchev–Trinajstić information content (AvgIpc) is 2.60. The predicted molar refractivity (Wildman–Crippen MR) is 46.0 cm³/mol. The maximum absolute atomic E-state index is 11.7. The van der Waals surface area contributed by atoms with Crippen molar-refractivity contribution < 1.29 is 19.4 Å². The number of phenolic OH excluding ortho intramolecular Hbond substituents is 1. The van der Waals surface area contributed by atoms with E-state index in [0.29, 0.717) is 12.2 Å². The lowest BCUT2D eigenvalue weighted by molar-refractivity contribution is -0.0404. The fraction of sp³-hybridized carbons (Fsp3) is 0.300. The van der Waals surface area contributed by atoms with Gasteiger partial charge in [0.15, 0.2) is 0 Å². The van der Waals surface area contributed by atoms with Crippen molar-refractivity contribution in [1.29, 1.82) is 0 Å². The summed E-state index contributed by atoms with van der Waals surface area (Å²) in [7, 11) is 0. The molecule has 0 saturated carbocycles. The first-order valence-corrected chi connectivity index (χ1v) is 4.40. The highest BCUT2D eigenvalue weighted by molar-refractivity contribution is 6.01. The molecule has 72 valence electrons. The molecule has 1 aromatic carbocycles. The number of carbonyl (C=O) groups excluding carboxylic acids is 1. The molecule has 0 aromatic heterocycles. The van der Waals surface area contributed by atoms with Gasteiger partial charge in [0.25, 0.3) is 0 Å². The number of ether oxygens (including phenoxy) is 2. The maximum atomic E-state index is 11.7. The molecule has 1 N–H and O–H groups in total. The second kappa shape index (κ2) is 2.56. The summed E-state index contributed by atoms with van der Waals surface area (Å²) < 4.78 is 10.5. The quantitative estimate of drug-likeness (QED) is 0.666. The zero-order valence-corrected chi connectivity index (χ0v) is 7.27. The molecule has 1 aromatic rings. The summed E-state index contributed by atoms with van der Waals surface area (Å²) in [6, 6.07) is 4.68. The Kier molecular flexibility index (Phi) is 1.45. The van der Waals surface area contributed by atoms with Crippen LogP contribution in [0.2, 0.25) is 0 Å². The summed E-state index contributed by atoms with van der Waals surface area (Å²) in [5.41, 5.74) is 1.32. The Balaban J connectivity index is 2.21. The fourth-order valence-corrected chi connectivity index (χ4v) is 1.87. The zero-order chi connectivity index (χ0) is 9.71. The van der Waals surface area contributed by atoms with Crippen molar-refractivity contribution >= 4 is 5.78 Å². The summed E-state index contributed by atoms with van der Waals surface area (Å²) in [5, 5.41) is 9.29. The molecule has 1 saturated heterocycles. The maximum Gasteiger partial charge on any atom is 0.223 e. The molecule has 3 rings (SSSR count). The van der Waals surface area contributed by atoms with E-state index in [1.807, 2.05) is 0 Å². The molecule has 2 atom stereocenters. The van der Waals surface area contributed by atoms with Crippen molar-refractivity contribution in [3.8, 4) is 5.75 Å². The van der Waals surface area contributed by atoms with E-state index in [9.17, 15) is 9.90 Å². The van der Waals surface area contributed by atoms with Crippen LogP contribution in [0.4, 0.5) is 0 Å². The Morgan fingerprint density at radius 3 is 3.14 bits per heavy atom. The molecule has 4 heteroatoms. The number of carbonyl (C=O) groups is 1. The van der Waals surface area contributed by atoms with Crippen LogP contribution in [0.25, 0.3) is 0 Å². The molecule has 2 bridgehead atoms. The highest BCUT2D eigenvalue weighted by Gasteiger charge is 2.40. The highest BCUT2D eigenvalue weighted by atomic mass is 16.7. The molecule has 1 fully saturated rings. The molecule has 2 heterocycles. The van der Waals surface area contributed by atoms with Crippen LogP contribution in [0, 0.1) is 0 Å². The number of fused-ring (bicyclic) bond motifs is 4. The van der Waals surface area contributed by atoms with Crippen molar-refractivity contribution in [3.63, 3.8) is 0 Å². The fourth-order valence-electron chi connectivity index (χ4n) is 1.87. The number of benzene rings is 1. The first-order valence-electron chi connectivity index (χ1n) is 4.40. The van der Waals surface area contributed by atoms with E-state index < -0.39 is 6.29 Å². The number of aromatic hydroxyl groups is 1. The molecule has 0 spiro atoms. The van der Waals surface area contributed by atoms with E-state index in [2.05, 4.69) is 0 Å². The van der Waals surface area contributed by atoms with Gasteiger partial charge in [-0.25, -0.2) is 0 Å². The van der Waals surface area contributed by atoms with Crippen LogP contribution >= 0.6 is 0 Å². The lowest BCUT2D eigenvalue weighted by Gasteiger charge is -2.20. The third-order valence-corrected chi connectivity index (χ3v) is 2.55. The van der Waals surface area contributed by atoms with Crippen LogP contribution in [-0.4, -0.2) is 23.8 Å². The van der Waals surface area contributed by atoms with E-state index >= 15 is 0 Å². The number of hydrogen-bond acceptors (Lipinski definition) is 4. The van der Waals surface area contributed by atoms with Gasteiger partial charge in [0.2, 0.25) is 12.1 Å². The minimum atomic E-state index is -0.739. The van der Waals surface area contributed by atoms with E-state index in [1.165, 1.54) is 6.07 Å². The summed E-state index contributed by atoms with van der Waals surface area (Å²) in [6.07, 6.45) is -0.947. The number of Topliss-reactive ketones (excluding diaryl/α,β-unsaturated/α-hetero) is 1. The van der Waals surface area contributed by atoms with Gasteiger partial charge in [-0.1, -0.05) is 0 Å². The van der Waals surface area contributed by atoms with Gasteiger partial charge in [-0.15, -0.1) is 0 Å². The van der Waals surface area contributed by atoms with Crippen molar-refractivity contribution in [1.82, 2.24) is 0 Å². The van der Waals surface area contributed by atoms with Gasteiger partial charge in [-0.2, -0.15) is 0 Å². The summed E-state index contributed by atoms with van der Waals surface area (Å²) in [5.74, 6) is -0.0146. The first kappa shape index (κ1) is 7.96.